The maximum Gasteiger partial charge on any atom is 0.130 e. The van der Waals surface area contributed by atoms with E-state index in [4.69, 9.17) is 5.73 Å². The lowest BCUT2D eigenvalue weighted by Crippen LogP contribution is -2.27. The van der Waals surface area contributed by atoms with Gasteiger partial charge in [-0.05, 0) is 37.3 Å². The first kappa shape index (κ1) is 10.6. The minimum atomic E-state index is -0.516. The summed E-state index contributed by atoms with van der Waals surface area (Å²) < 4.78 is 26.5. The van der Waals surface area contributed by atoms with Gasteiger partial charge in [-0.1, -0.05) is 6.42 Å². The molecule has 0 amide bonds. The summed E-state index contributed by atoms with van der Waals surface area (Å²) >= 11 is 0. The van der Waals surface area contributed by atoms with Crippen LogP contribution in [0.15, 0.2) is 12.1 Å². The van der Waals surface area contributed by atoms with Crippen molar-refractivity contribution in [1.29, 1.82) is 0 Å². The highest BCUT2D eigenvalue weighted by Gasteiger charge is 2.27. The van der Waals surface area contributed by atoms with Gasteiger partial charge in [-0.15, -0.1) is 0 Å². The molecule has 1 fully saturated rings. The number of nitrogens with two attached hydrogens (primary N) is 1. The van der Waals surface area contributed by atoms with E-state index in [0.29, 0.717) is 17.0 Å². The molecule has 1 saturated carbocycles. The summed E-state index contributed by atoms with van der Waals surface area (Å²) in [6.07, 6.45) is 3.27. The van der Waals surface area contributed by atoms with Crippen molar-refractivity contribution in [3.05, 3.63) is 34.9 Å². The van der Waals surface area contributed by atoms with Crippen molar-refractivity contribution in [1.82, 2.24) is 0 Å². The van der Waals surface area contributed by atoms with Gasteiger partial charge in [0.1, 0.15) is 11.6 Å². The van der Waals surface area contributed by atoms with E-state index in [-0.39, 0.29) is 6.04 Å². The lowest BCUT2D eigenvalue weighted by Gasteiger charge is -2.31. The molecule has 0 aliphatic heterocycles. The molecule has 0 aromatic heterocycles. The van der Waals surface area contributed by atoms with Crippen LogP contribution in [0.5, 0.6) is 0 Å². The van der Waals surface area contributed by atoms with Crippen molar-refractivity contribution >= 4 is 0 Å². The van der Waals surface area contributed by atoms with Crippen LogP contribution in [0.25, 0.3) is 0 Å². The Kier molecular flexibility index (Phi) is 2.74. The topological polar surface area (TPSA) is 26.0 Å². The average molecular weight is 211 g/mol. The van der Waals surface area contributed by atoms with Crippen molar-refractivity contribution in [2.75, 3.05) is 0 Å². The molecule has 1 aromatic rings. The first-order chi connectivity index (χ1) is 7.09. The number of halogens is 2. The SMILES string of the molecule is Cc1cc(C(N)C2CCC2)c(F)cc1F. The van der Waals surface area contributed by atoms with E-state index in [9.17, 15) is 8.78 Å². The average Bonchev–Trinajstić information content (AvgIpc) is 2.08. The molecule has 1 unspecified atom stereocenters. The molecule has 1 atom stereocenters. The normalized spacial score (nSPS) is 18.7. The van der Waals surface area contributed by atoms with Crippen molar-refractivity contribution in [3.63, 3.8) is 0 Å². The molecule has 2 rings (SSSR count). The lowest BCUT2D eigenvalue weighted by molar-refractivity contribution is 0.260. The highest BCUT2D eigenvalue weighted by Crippen LogP contribution is 2.37. The van der Waals surface area contributed by atoms with Crippen molar-refractivity contribution < 1.29 is 8.78 Å². The van der Waals surface area contributed by atoms with Crippen LogP contribution in [0.2, 0.25) is 0 Å². The van der Waals surface area contributed by atoms with Crippen LogP contribution in [-0.2, 0) is 0 Å². The molecule has 1 aromatic carbocycles. The summed E-state index contributed by atoms with van der Waals surface area (Å²) in [6, 6.07) is 2.19. The van der Waals surface area contributed by atoms with Crippen LogP contribution in [-0.4, -0.2) is 0 Å². The lowest BCUT2D eigenvalue weighted by atomic mass is 9.77. The van der Waals surface area contributed by atoms with E-state index < -0.39 is 11.6 Å². The van der Waals surface area contributed by atoms with Crippen LogP contribution >= 0.6 is 0 Å². The zero-order valence-electron chi connectivity index (χ0n) is 8.76. The first-order valence-corrected chi connectivity index (χ1v) is 5.30. The fourth-order valence-electron chi connectivity index (χ4n) is 1.99. The molecule has 0 bridgehead atoms. The standard InChI is InChI=1S/C12H15F2N/c1-7-5-9(11(14)6-10(7)13)12(15)8-3-2-4-8/h5-6,8,12H,2-4,15H2,1H3. The van der Waals surface area contributed by atoms with Crippen molar-refractivity contribution in [2.24, 2.45) is 11.7 Å². The van der Waals surface area contributed by atoms with Gasteiger partial charge in [-0.25, -0.2) is 8.78 Å². The Morgan fingerprint density at radius 3 is 2.47 bits per heavy atom. The first-order valence-electron chi connectivity index (χ1n) is 5.30. The monoisotopic (exact) mass is 211 g/mol. The minimum absolute atomic E-state index is 0.280. The molecule has 3 heteroatoms. The number of rotatable bonds is 2. The number of hydrogen-bond acceptors (Lipinski definition) is 1. The quantitative estimate of drug-likeness (QED) is 0.799. The summed E-state index contributed by atoms with van der Waals surface area (Å²) in [5.74, 6) is -0.654. The second-order valence-electron chi connectivity index (χ2n) is 4.34. The van der Waals surface area contributed by atoms with Crippen LogP contribution in [0, 0.1) is 24.5 Å². The highest BCUT2D eigenvalue weighted by molar-refractivity contribution is 5.28. The Labute approximate surface area is 88.3 Å². The molecule has 1 nitrogen and oxygen atoms in total. The van der Waals surface area contributed by atoms with Crippen LogP contribution in [0.3, 0.4) is 0 Å². The van der Waals surface area contributed by atoms with Gasteiger partial charge in [0.2, 0.25) is 0 Å². The molecule has 0 saturated heterocycles. The van der Waals surface area contributed by atoms with Crippen LogP contribution in [0.1, 0.15) is 36.4 Å². The molecule has 15 heavy (non-hydrogen) atoms. The van der Waals surface area contributed by atoms with Gasteiger partial charge in [-0.3, -0.25) is 0 Å². The fourth-order valence-corrected chi connectivity index (χ4v) is 1.99. The predicted octanol–water partition coefficient (Wildman–Crippen LogP) is 3.07. The van der Waals surface area contributed by atoms with Gasteiger partial charge < -0.3 is 5.73 Å². The number of aryl methyl sites for hydroxylation is 1. The Bertz CT molecular complexity index is 372. The maximum atomic E-state index is 13.5. The van der Waals surface area contributed by atoms with E-state index in [0.717, 1.165) is 18.9 Å². The molecule has 0 radical (unpaired) electrons. The summed E-state index contributed by atoms with van der Waals surface area (Å²) in [6.45, 7) is 1.63. The Hall–Kier alpha value is -0.960. The van der Waals surface area contributed by atoms with Gasteiger partial charge in [0, 0.05) is 17.7 Å². The van der Waals surface area contributed by atoms with Crippen LogP contribution < -0.4 is 5.73 Å². The summed E-state index contributed by atoms with van der Waals surface area (Å²) in [7, 11) is 0. The Morgan fingerprint density at radius 2 is 1.93 bits per heavy atom. The van der Waals surface area contributed by atoms with Gasteiger partial charge in [0.25, 0.3) is 0 Å². The van der Waals surface area contributed by atoms with E-state index in [1.54, 1.807) is 6.92 Å². The molecule has 1 aliphatic rings. The van der Waals surface area contributed by atoms with Crippen molar-refractivity contribution in [3.8, 4) is 0 Å². The Balaban J connectivity index is 2.30. The van der Waals surface area contributed by atoms with Gasteiger partial charge in [0.15, 0.2) is 0 Å². The summed E-state index contributed by atoms with van der Waals surface area (Å²) in [5.41, 5.74) is 6.87. The number of hydrogen-bond donors (Lipinski definition) is 1. The smallest absolute Gasteiger partial charge is 0.130 e. The van der Waals surface area contributed by atoms with E-state index in [2.05, 4.69) is 0 Å². The van der Waals surface area contributed by atoms with Crippen molar-refractivity contribution in [2.45, 2.75) is 32.2 Å². The second kappa shape index (κ2) is 3.89. The van der Waals surface area contributed by atoms with Crippen LogP contribution in [0.4, 0.5) is 8.78 Å². The predicted molar refractivity (Wildman–Crippen MR) is 55.4 cm³/mol. The van der Waals surface area contributed by atoms with Gasteiger partial charge in [-0.2, -0.15) is 0 Å². The molecule has 1 aliphatic carbocycles. The fraction of sp³-hybridized carbons (Fsp3) is 0.500. The van der Waals surface area contributed by atoms with E-state index >= 15 is 0 Å². The Morgan fingerprint density at radius 1 is 1.27 bits per heavy atom. The maximum absolute atomic E-state index is 13.5. The minimum Gasteiger partial charge on any atom is -0.324 e. The largest absolute Gasteiger partial charge is 0.324 e. The number of benzene rings is 1. The highest BCUT2D eigenvalue weighted by atomic mass is 19.1. The summed E-state index contributed by atoms with van der Waals surface area (Å²) in [5, 5.41) is 0. The molecule has 82 valence electrons. The molecule has 2 N–H and O–H groups in total. The zero-order chi connectivity index (χ0) is 11.0. The van der Waals surface area contributed by atoms with Gasteiger partial charge in [0.05, 0.1) is 0 Å². The second-order valence-corrected chi connectivity index (χ2v) is 4.34. The van der Waals surface area contributed by atoms with E-state index in [1.165, 1.54) is 12.5 Å². The third-order valence-corrected chi connectivity index (χ3v) is 3.29. The zero-order valence-corrected chi connectivity index (χ0v) is 8.76. The van der Waals surface area contributed by atoms with Gasteiger partial charge >= 0.3 is 0 Å². The van der Waals surface area contributed by atoms with E-state index in [1.807, 2.05) is 0 Å². The molecule has 0 spiro atoms. The molecular weight excluding hydrogens is 196 g/mol. The third kappa shape index (κ3) is 1.88. The molecule has 0 heterocycles. The summed E-state index contributed by atoms with van der Waals surface area (Å²) in [4.78, 5) is 0. The molecular formula is C12H15F2N. The third-order valence-electron chi connectivity index (χ3n) is 3.29.